The van der Waals surface area contributed by atoms with E-state index >= 15 is 0 Å². The number of halogens is 3. The van der Waals surface area contributed by atoms with Gasteiger partial charge in [-0.25, -0.2) is 0 Å². The van der Waals surface area contributed by atoms with Crippen molar-refractivity contribution in [2.24, 2.45) is 0 Å². The number of amides is 1. The van der Waals surface area contributed by atoms with Gasteiger partial charge in [0.1, 0.15) is 10.9 Å². The van der Waals surface area contributed by atoms with Gasteiger partial charge in [-0.15, -0.1) is 0 Å². The van der Waals surface area contributed by atoms with Gasteiger partial charge in [0.25, 0.3) is 5.91 Å². The van der Waals surface area contributed by atoms with Gasteiger partial charge in [-0.2, -0.15) is 0 Å². The number of benzene rings is 2. The molecule has 1 aliphatic rings. The standard InChI is InChI=1S/C21H18BrCl2NO3S2/c1-3-25-20(26)18(30-21(25)29)9-12-7-15(22)19(17(8-12)27-4-2)28-11-13-5-6-14(23)10-16(13)24/h5-10H,3-4,11H2,1-2H3/b18-9+. The summed E-state index contributed by atoms with van der Waals surface area (Å²) in [6, 6.07) is 8.98. The summed E-state index contributed by atoms with van der Waals surface area (Å²) in [5, 5.41) is 1.10. The Morgan fingerprint density at radius 2 is 1.97 bits per heavy atom. The maximum absolute atomic E-state index is 12.5. The largest absolute Gasteiger partial charge is 0.490 e. The van der Waals surface area contributed by atoms with Crippen molar-refractivity contribution in [2.45, 2.75) is 20.5 Å². The first-order valence-electron chi connectivity index (χ1n) is 9.12. The molecule has 2 aromatic carbocycles. The van der Waals surface area contributed by atoms with Gasteiger partial charge in [0.2, 0.25) is 0 Å². The molecule has 0 saturated carbocycles. The molecule has 0 unspecified atom stereocenters. The van der Waals surface area contributed by atoms with Gasteiger partial charge in [-0.05, 0) is 65.7 Å². The van der Waals surface area contributed by atoms with E-state index in [1.807, 2.05) is 38.1 Å². The van der Waals surface area contributed by atoms with Crippen LogP contribution in [-0.4, -0.2) is 28.3 Å². The number of ether oxygens (including phenoxy) is 2. The second-order valence-corrected chi connectivity index (χ2v) is 9.59. The molecule has 4 nitrogen and oxygen atoms in total. The highest BCUT2D eigenvalue weighted by atomic mass is 79.9. The van der Waals surface area contributed by atoms with Crippen molar-refractivity contribution in [2.75, 3.05) is 13.2 Å². The molecule has 3 rings (SSSR count). The van der Waals surface area contributed by atoms with Crippen LogP contribution >= 0.6 is 63.1 Å². The Morgan fingerprint density at radius 3 is 2.60 bits per heavy atom. The van der Waals surface area contributed by atoms with Crippen LogP contribution < -0.4 is 9.47 Å². The maximum atomic E-state index is 12.5. The summed E-state index contributed by atoms with van der Waals surface area (Å²) in [5.74, 6) is 1.04. The molecule has 0 N–H and O–H groups in total. The van der Waals surface area contributed by atoms with Crippen molar-refractivity contribution < 1.29 is 14.3 Å². The van der Waals surface area contributed by atoms with E-state index in [2.05, 4.69) is 15.9 Å². The molecule has 0 atom stereocenters. The average molecular weight is 547 g/mol. The lowest BCUT2D eigenvalue weighted by Crippen LogP contribution is -2.27. The Labute approximate surface area is 203 Å². The predicted octanol–water partition coefficient (Wildman–Crippen LogP) is 6.95. The molecule has 0 radical (unpaired) electrons. The van der Waals surface area contributed by atoms with Crippen LogP contribution in [0.4, 0.5) is 0 Å². The first-order valence-corrected chi connectivity index (χ1v) is 11.9. The molecule has 1 heterocycles. The second-order valence-electron chi connectivity index (χ2n) is 6.21. The van der Waals surface area contributed by atoms with Gasteiger partial charge in [0.15, 0.2) is 11.5 Å². The number of hydrogen-bond donors (Lipinski definition) is 0. The SMILES string of the molecule is CCOc1cc(/C=C2/SC(=S)N(CC)C2=O)cc(Br)c1OCc1ccc(Cl)cc1Cl. The van der Waals surface area contributed by atoms with Crippen molar-refractivity contribution in [3.8, 4) is 11.5 Å². The molecular weight excluding hydrogens is 529 g/mol. The quantitative estimate of drug-likeness (QED) is 0.277. The zero-order valence-corrected chi connectivity index (χ0v) is 20.9. The van der Waals surface area contributed by atoms with Gasteiger partial charge in [-0.3, -0.25) is 9.69 Å². The number of hydrogen-bond acceptors (Lipinski definition) is 5. The lowest BCUT2D eigenvalue weighted by molar-refractivity contribution is -0.121. The van der Waals surface area contributed by atoms with Gasteiger partial charge >= 0.3 is 0 Å². The summed E-state index contributed by atoms with van der Waals surface area (Å²) in [7, 11) is 0. The fourth-order valence-corrected chi connectivity index (χ4v) is 5.21. The molecule has 0 bridgehead atoms. The molecule has 158 valence electrons. The van der Waals surface area contributed by atoms with E-state index in [0.29, 0.717) is 48.4 Å². The van der Waals surface area contributed by atoms with Gasteiger partial charge in [0.05, 0.1) is 16.0 Å². The van der Waals surface area contributed by atoms with E-state index in [1.54, 1.807) is 17.0 Å². The first kappa shape index (κ1) is 23.4. The van der Waals surface area contributed by atoms with Gasteiger partial charge in [-0.1, -0.05) is 53.2 Å². The topological polar surface area (TPSA) is 38.8 Å². The Morgan fingerprint density at radius 1 is 1.20 bits per heavy atom. The number of likely N-dealkylation sites (N-methyl/N-ethyl adjacent to an activating group) is 1. The fourth-order valence-electron chi connectivity index (χ4n) is 2.79. The van der Waals surface area contributed by atoms with Crippen molar-refractivity contribution >= 4 is 79.4 Å². The maximum Gasteiger partial charge on any atom is 0.266 e. The zero-order chi connectivity index (χ0) is 21.8. The van der Waals surface area contributed by atoms with E-state index in [4.69, 9.17) is 44.9 Å². The highest BCUT2D eigenvalue weighted by Crippen LogP contribution is 2.40. The molecule has 1 amide bonds. The molecule has 30 heavy (non-hydrogen) atoms. The first-order chi connectivity index (χ1) is 14.3. The number of rotatable bonds is 7. The molecular formula is C21H18BrCl2NO3S2. The third-order valence-corrected chi connectivity index (χ3v) is 6.76. The summed E-state index contributed by atoms with van der Waals surface area (Å²) in [6.07, 6.45) is 1.81. The smallest absolute Gasteiger partial charge is 0.266 e. The van der Waals surface area contributed by atoms with Crippen LogP contribution in [-0.2, 0) is 11.4 Å². The van der Waals surface area contributed by atoms with E-state index < -0.39 is 0 Å². The minimum atomic E-state index is -0.0840. The van der Waals surface area contributed by atoms with Crippen LogP contribution in [0.5, 0.6) is 11.5 Å². The summed E-state index contributed by atoms with van der Waals surface area (Å²) in [6.45, 7) is 5.06. The highest BCUT2D eigenvalue weighted by Gasteiger charge is 2.30. The van der Waals surface area contributed by atoms with Crippen LogP contribution in [0.15, 0.2) is 39.7 Å². The number of thioether (sulfide) groups is 1. The summed E-state index contributed by atoms with van der Waals surface area (Å²) < 4.78 is 13.1. The van der Waals surface area contributed by atoms with Crippen LogP contribution in [0, 0.1) is 0 Å². The summed E-state index contributed by atoms with van der Waals surface area (Å²) in [5.41, 5.74) is 1.61. The van der Waals surface area contributed by atoms with Crippen molar-refractivity contribution in [1.29, 1.82) is 0 Å². The lowest BCUT2D eigenvalue weighted by Gasteiger charge is -2.15. The third-order valence-electron chi connectivity index (χ3n) is 4.21. The minimum absolute atomic E-state index is 0.0840. The molecule has 0 aliphatic carbocycles. The number of nitrogens with zero attached hydrogens (tertiary/aromatic N) is 1. The lowest BCUT2D eigenvalue weighted by atomic mass is 10.1. The normalized spacial score (nSPS) is 15.2. The van der Waals surface area contributed by atoms with Crippen molar-refractivity contribution in [3.63, 3.8) is 0 Å². The predicted molar refractivity (Wildman–Crippen MR) is 132 cm³/mol. The number of carbonyl (C=O) groups is 1. The fraction of sp³-hybridized carbons (Fsp3) is 0.238. The monoisotopic (exact) mass is 545 g/mol. The molecule has 2 aromatic rings. The molecule has 1 saturated heterocycles. The van der Waals surface area contributed by atoms with E-state index in [0.717, 1.165) is 11.1 Å². The number of thiocarbonyl (C=S) groups is 1. The Hall–Kier alpha value is -1.25. The van der Waals surface area contributed by atoms with Crippen LogP contribution in [0.2, 0.25) is 10.0 Å². The van der Waals surface area contributed by atoms with Crippen LogP contribution in [0.1, 0.15) is 25.0 Å². The molecule has 1 aliphatic heterocycles. The van der Waals surface area contributed by atoms with Crippen LogP contribution in [0.3, 0.4) is 0 Å². The molecule has 9 heteroatoms. The van der Waals surface area contributed by atoms with Crippen LogP contribution in [0.25, 0.3) is 6.08 Å². The Balaban J connectivity index is 1.88. The molecule has 0 spiro atoms. The van der Waals surface area contributed by atoms with Crippen molar-refractivity contribution in [3.05, 3.63) is 60.9 Å². The Kier molecular flexibility index (Phi) is 8.10. The third kappa shape index (κ3) is 5.32. The minimum Gasteiger partial charge on any atom is -0.490 e. The molecule has 1 fully saturated rings. The van der Waals surface area contributed by atoms with E-state index in [-0.39, 0.29) is 12.5 Å². The highest BCUT2D eigenvalue weighted by molar-refractivity contribution is 9.10. The van der Waals surface area contributed by atoms with Crippen molar-refractivity contribution in [1.82, 2.24) is 4.90 Å². The van der Waals surface area contributed by atoms with Gasteiger partial charge in [0, 0.05) is 22.2 Å². The second kappa shape index (κ2) is 10.4. The summed E-state index contributed by atoms with van der Waals surface area (Å²) >= 11 is 22.3. The zero-order valence-electron chi connectivity index (χ0n) is 16.2. The number of carbonyl (C=O) groups excluding carboxylic acids is 1. The summed E-state index contributed by atoms with van der Waals surface area (Å²) in [4.78, 5) is 14.7. The molecule has 0 aromatic heterocycles. The van der Waals surface area contributed by atoms with E-state index in [1.165, 1.54) is 11.8 Å². The average Bonchev–Trinajstić information content (AvgIpc) is 2.95. The Bertz CT molecular complexity index is 1030. The van der Waals surface area contributed by atoms with Gasteiger partial charge < -0.3 is 9.47 Å². The van der Waals surface area contributed by atoms with E-state index in [9.17, 15) is 4.79 Å².